The van der Waals surface area contributed by atoms with Gasteiger partial charge >= 0.3 is 0 Å². The zero-order valence-electron chi connectivity index (χ0n) is 8.55. The lowest BCUT2D eigenvalue weighted by Crippen LogP contribution is -2.19. The van der Waals surface area contributed by atoms with E-state index in [-0.39, 0.29) is 0 Å². The van der Waals surface area contributed by atoms with Gasteiger partial charge in [-0.15, -0.1) is 0 Å². The Hall–Kier alpha value is -0.310. The second kappa shape index (κ2) is 4.27. The van der Waals surface area contributed by atoms with Crippen molar-refractivity contribution in [3.8, 4) is 0 Å². The predicted molar refractivity (Wildman–Crippen MR) is 59.1 cm³/mol. The molecule has 0 radical (unpaired) electrons. The summed E-state index contributed by atoms with van der Waals surface area (Å²) in [6.07, 6.45) is 6.34. The molecule has 74 valence electrons. The summed E-state index contributed by atoms with van der Waals surface area (Å²) in [6, 6.07) is 0. The summed E-state index contributed by atoms with van der Waals surface area (Å²) in [7, 11) is 1.96. The highest BCUT2D eigenvalue weighted by Crippen LogP contribution is 2.28. The van der Waals surface area contributed by atoms with Crippen molar-refractivity contribution in [2.24, 2.45) is 12.5 Å². The summed E-state index contributed by atoms with van der Waals surface area (Å²) in [5.41, 5.74) is 1.69. The van der Waals surface area contributed by atoms with Crippen LogP contribution in [-0.2, 0) is 13.5 Å². The Morgan fingerprint density at radius 2 is 2.31 bits per heavy atom. The lowest BCUT2D eigenvalue weighted by Gasteiger charge is -2.24. The van der Waals surface area contributed by atoms with Gasteiger partial charge in [-0.05, 0) is 23.8 Å². The molecule has 0 saturated heterocycles. The van der Waals surface area contributed by atoms with Gasteiger partial charge in [0.2, 0.25) is 0 Å². The smallest absolute Gasteiger partial charge is 0.0521 e. The predicted octanol–water partition coefficient (Wildman–Crippen LogP) is 2.77. The van der Waals surface area contributed by atoms with Crippen LogP contribution in [-0.4, -0.2) is 15.1 Å². The van der Waals surface area contributed by atoms with E-state index in [2.05, 4.69) is 41.1 Å². The van der Waals surface area contributed by atoms with E-state index in [1.54, 1.807) is 0 Å². The average Bonchev–Trinajstić information content (AvgIpc) is 2.51. The van der Waals surface area contributed by atoms with Crippen molar-refractivity contribution in [1.82, 2.24) is 9.78 Å². The van der Waals surface area contributed by atoms with Crippen LogP contribution >= 0.6 is 15.9 Å². The molecule has 13 heavy (non-hydrogen) atoms. The largest absolute Gasteiger partial charge is 0.276 e. The molecule has 2 nitrogen and oxygen atoms in total. The van der Waals surface area contributed by atoms with E-state index in [9.17, 15) is 0 Å². The maximum absolute atomic E-state index is 4.17. The third-order valence-corrected chi connectivity index (χ3v) is 3.92. The molecule has 0 fully saturated rings. The lowest BCUT2D eigenvalue weighted by atomic mass is 9.84. The number of hydrogen-bond donors (Lipinski definition) is 0. The van der Waals surface area contributed by atoms with Gasteiger partial charge in [0, 0.05) is 18.6 Å². The minimum Gasteiger partial charge on any atom is -0.276 e. The molecule has 0 aliphatic carbocycles. The highest BCUT2D eigenvalue weighted by Gasteiger charge is 2.21. The Morgan fingerprint density at radius 1 is 1.62 bits per heavy atom. The Labute approximate surface area is 88.5 Å². The fourth-order valence-electron chi connectivity index (χ4n) is 1.32. The first-order valence-corrected chi connectivity index (χ1v) is 5.75. The summed E-state index contributed by atoms with van der Waals surface area (Å²) >= 11 is 3.57. The summed E-state index contributed by atoms with van der Waals surface area (Å²) in [4.78, 5) is 0. The molecule has 3 heteroatoms. The second-order valence-electron chi connectivity index (χ2n) is 4.00. The Balaban J connectivity index is 2.67. The molecule has 0 amide bonds. The normalized spacial score (nSPS) is 15.7. The minimum atomic E-state index is 0.364. The Kier molecular flexibility index (Phi) is 3.54. The van der Waals surface area contributed by atoms with Crippen LogP contribution in [0.5, 0.6) is 0 Å². The van der Waals surface area contributed by atoms with Gasteiger partial charge in [0.15, 0.2) is 0 Å². The average molecular weight is 245 g/mol. The highest BCUT2D eigenvalue weighted by atomic mass is 79.9. The van der Waals surface area contributed by atoms with Crippen molar-refractivity contribution in [3.05, 3.63) is 18.0 Å². The van der Waals surface area contributed by atoms with Gasteiger partial charge in [0.1, 0.15) is 0 Å². The van der Waals surface area contributed by atoms with Gasteiger partial charge in [-0.25, -0.2) is 0 Å². The lowest BCUT2D eigenvalue weighted by molar-refractivity contribution is 0.361. The molecule has 1 aromatic heterocycles. The quantitative estimate of drug-likeness (QED) is 0.746. The summed E-state index contributed by atoms with van der Waals surface area (Å²) in [5.74, 6) is 0. The number of halogens is 1. The molecular weight excluding hydrogens is 228 g/mol. The van der Waals surface area contributed by atoms with Crippen LogP contribution in [0.3, 0.4) is 0 Å². The first kappa shape index (κ1) is 10.8. The Bertz CT molecular complexity index is 264. The zero-order valence-corrected chi connectivity index (χ0v) is 10.1. The fraction of sp³-hybridized carbons (Fsp3) is 0.700. The molecule has 0 N–H and O–H groups in total. The van der Waals surface area contributed by atoms with Crippen molar-refractivity contribution in [2.45, 2.75) is 26.7 Å². The Morgan fingerprint density at radius 3 is 2.69 bits per heavy atom. The van der Waals surface area contributed by atoms with Gasteiger partial charge in [-0.3, -0.25) is 4.68 Å². The zero-order chi connectivity index (χ0) is 9.90. The molecule has 1 atom stereocenters. The molecule has 1 unspecified atom stereocenters. The first-order valence-electron chi connectivity index (χ1n) is 4.63. The molecule has 1 aromatic rings. The topological polar surface area (TPSA) is 17.8 Å². The fourth-order valence-corrected chi connectivity index (χ4v) is 1.92. The van der Waals surface area contributed by atoms with Crippen LogP contribution in [0.25, 0.3) is 0 Å². The van der Waals surface area contributed by atoms with E-state index in [0.717, 1.165) is 11.8 Å². The van der Waals surface area contributed by atoms with Crippen LogP contribution in [0, 0.1) is 5.41 Å². The molecule has 1 heterocycles. The number of nitrogens with zero attached hydrogens (tertiary/aromatic N) is 2. The van der Waals surface area contributed by atoms with E-state index in [0.29, 0.717) is 5.41 Å². The van der Waals surface area contributed by atoms with E-state index in [1.165, 1.54) is 12.0 Å². The molecule has 0 bridgehead atoms. The second-order valence-corrected chi connectivity index (χ2v) is 4.56. The van der Waals surface area contributed by atoms with Crippen LogP contribution in [0.1, 0.15) is 25.8 Å². The van der Waals surface area contributed by atoms with E-state index >= 15 is 0 Å². The minimum absolute atomic E-state index is 0.364. The SMILES string of the molecule is CCC(C)(CBr)Cc1cnn(C)c1. The van der Waals surface area contributed by atoms with E-state index in [1.807, 2.05) is 17.9 Å². The van der Waals surface area contributed by atoms with Crippen molar-refractivity contribution >= 4 is 15.9 Å². The van der Waals surface area contributed by atoms with Gasteiger partial charge < -0.3 is 0 Å². The highest BCUT2D eigenvalue weighted by molar-refractivity contribution is 9.09. The van der Waals surface area contributed by atoms with Crippen LogP contribution in [0.15, 0.2) is 12.4 Å². The van der Waals surface area contributed by atoms with Gasteiger partial charge in [-0.2, -0.15) is 5.10 Å². The maximum Gasteiger partial charge on any atom is 0.0521 e. The third kappa shape index (κ3) is 2.83. The monoisotopic (exact) mass is 244 g/mol. The van der Waals surface area contributed by atoms with Crippen molar-refractivity contribution < 1.29 is 0 Å². The van der Waals surface area contributed by atoms with E-state index < -0.39 is 0 Å². The molecule has 0 spiro atoms. The van der Waals surface area contributed by atoms with Crippen molar-refractivity contribution in [1.29, 1.82) is 0 Å². The van der Waals surface area contributed by atoms with Gasteiger partial charge in [-0.1, -0.05) is 29.8 Å². The van der Waals surface area contributed by atoms with Crippen LogP contribution < -0.4 is 0 Å². The van der Waals surface area contributed by atoms with E-state index in [4.69, 9.17) is 0 Å². The molecule has 1 rings (SSSR count). The summed E-state index contributed by atoms with van der Waals surface area (Å²) in [5, 5.41) is 5.22. The number of alkyl halides is 1. The maximum atomic E-state index is 4.17. The van der Waals surface area contributed by atoms with Gasteiger partial charge in [0.25, 0.3) is 0 Å². The number of aromatic nitrogens is 2. The molecule has 0 saturated carbocycles. The molecular formula is C10H17BrN2. The molecule has 0 aromatic carbocycles. The summed E-state index contributed by atoms with van der Waals surface area (Å²) in [6.45, 7) is 4.53. The van der Waals surface area contributed by atoms with Gasteiger partial charge in [0.05, 0.1) is 6.20 Å². The van der Waals surface area contributed by atoms with Crippen LogP contribution in [0.2, 0.25) is 0 Å². The third-order valence-electron chi connectivity index (χ3n) is 2.57. The number of rotatable bonds is 4. The summed E-state index contributed by atoms with van der Waals surface area (Å²) < 4.78 is 1.86. The molecule has 0 aliphatic rings. The van der Waals surface area contributed by atoms with Crippen molar-refractivity contribution in [3.63, 3.8) is 0 Å². The molecule has 0 aliphatic heterocycles. The number of hydrogen-bond acceptors (Lipinski definition) is 1. The number of aryl methyl sites for hydroxylation is 1. The van der Waals surface area contributed by atoms with Crippen LogP contribution in [0.4, 0.5) is 0 Å². The first-order chi connectivity index (χ1) is 6.09. The standard InChI is InChI=1S/C10H17BrN2/c1-4-10(2,8-11)5-9-6-12-13(3)7-9/h6-7H,4-5,8H2,1-3H3. The van der Waals surface area contributed by atoms with Crippen molar-refractivity contribution in [2.75, 3.05) is 5.33 Å².